The Morgan fingerprint density at radius 3 is 2.61 bits per heavy atom. The van der Waals surface area contributed by atoms with Gasteiger partial charge in [0.2, 0.25) is 16.0 Å². The van der Waals surface area contributed by atoms with Crippen LogP contribution >= 0.6 is 0 Å². The first-order chi connectivity index (χ1) is 13.4. The first kappa shape index (κ1) is 21.5. The molecule has 8 nitrogen and oxygen atoms in total. The molecule has 0 radical (unpaired) electrons. The van der Waals surface area contributed by atoms with Crippen LogP contribution in [0.2, 0.25) is 0 Å². The number of rotatable bonds is 10. The lowest BCUT2D eigenvalue weighted by Crippen LogP contribution is -2.39. The maximum absolute atomic E-state index is 13.3. The van der Waals surface area contributed by atoms with Crippen LogP contribution in [0, 0.1) is 5.95 Å². The van der Waals surface area contributed by atoms with E-state index in [1.54, 1.807) is 6.08 Å². The summed E-state index contributed by atoms with van der Waals surface area (Å²) in [7, 11) is -4.13. The van der Waals surface area contributed by atoms with Crippen molar-refractivity contribution in [3.8, 4) is 5.75 Å². The first-order valence-corrected chi connectivity index (χ1v) is 9.69. The molecule has 0 unspecified atom stereocenters. The van der Waals surface area contributed by atoms with Gasteiger partial charge in [0.1, 0.15) is 5.75 Å². The molecule has 10 heteroatoms. The maximum atomic E-state index is 13.3. The van der Waals surface area contributed by atoms with Crippen LogP contribution < -0.4 is 10.2 Å². The molecule has 0 saturated heterocycles. The lowest BCUT2D eigenvalue weighted by molar-refractivity contribution is -0.129. The second kappa shape index (κ2) is 9.93. The molecule has 0 spiro atoms. The number of nitrogens with one attached hydrogen (secondary N) is 1. The molecule has 0 aliphatic carbocycles. The number of sulfonamides is 1. The minimum absolute atomic E-state index is 0.0919. The van der Waals surface area contributed by atoms with Crippen LogP contribution in [0.3, 0.4) is 0 Å². The van der Waals surface area contributed by atoms with Gasteiger partial charge < -0.3 is 4.74 Å². The van der Waals surface area contributed by atoms with Gasteiger partial charge in [0.15, 0.2) is 0 Å². The van der Waals surface area contributed by atoms with Crippen LogP contribution in [0.5, 0.6) is 5.75 Å². The molecule has 0 saturated carbocycles. The molecule has 150 valence electrons. The van der Waals surface area contributed by atoms with Crippen LogP contribution in [0.15, 0.2) is 60.0 Å². The molecule has 0 aliphatic rings. The summed E-state index contributed by atoms with van der Waals surface area (Å²) in [5, 5.41) is 8.75. The van der Waals surface area contributed by atoms with E-state index in [1.165, 1.54) is 41.9 Å². The summed E-state index contributed by atoms with van der Waals surface area (Å²) < 4.78 is 45.4. The molecule has 2 aromatic rings. The van der Waals surface area contributed by atoms with Crippen molar-refractivity contribution in [2.75, 3.05) is 13.2 Å². The number of ether oxygens (including phenoxy) is 1. The molecule has 1 heterocycles. The lowest BCUT2D eigenvalue weighted by Gasteiger charge is -2.21. The Balaban J connectivity index is 2.26. The Labute approximate surface area is 162 Å². The van der Waals surface area contributed by atoms with E-state index in [4.69, 9.17) is 9.94 Å². The molecule has 2 rings (SSSR count). The van der Waals surface area contributed by atoms with Crippen molar-refractivity contribution < 1.29 is 27.5 Å². The van der Waals surface area contributed by atoms with Crippen molar-refractivity contribution in [3.63, 3.8) is 0 Å². The molecule has 2 N–H and O–H groups in total. The van der Waals surface area contributed by atoms with Crippen LogP contribution in [-0.2, 0) is 21.4 Å². The summed E-state index contributed by atoms with van der Waals surface area (Å²) in [6.45, 7) is 2.96. The van der Waals surface area contributed by atoms with Crippen LogP contribution in [0.4, 0.5) is 4.39 Å². The van der Waals surface area contributed by atoms with Crippen LogP contribution in [0.1, 0.15) is 12.1 Å². The largest absolute Gasteiger partial charge is 0.493 e. The van der Waals surface area contributed by atoms with Crippen molar-refractivity contribution in [3.05, 3.63) is 66.8 Å². The number of aromatic nitrogens is 1. The Morgan fingerprint density at radius 1 is 1.29 bits per heavy atom. The molecular weight excluding hydrogens is 389 g/mol. The van der Waals surface area contributed by atoms with Crippen LogP contribution in [-0.4, -0.2) is 42.0 Å². The van der Waals surface area contributed by atoms with Gasteiger partial charge in [0, 0.05) is 0 Å². The van der Waals surface area contributed by atoms with Crippen molar-refractivity contribution in [1.82, 2.24) is 14.8 Å². The number of halogens is 1. The predicted octanol–water partition coefficient (Wildman–Crippen LogP) is 1.87. The zero-order valence-electron chi connectivity index (χ0n) is 14.9. The second-order valence-electron chi connectivity index (χ2n) is 5.66. The molecule has 28 heavy (non-hydrogen) atoms. The van der Waals surface area contributed by atoms with Gasteiger partial charge in [-0.1, -0.05) is 12.1 Å². The van der Waals surface area contributed by atoms with Crippen molar-refractivity contribution in [2.24, 2.45) is 0 Å². The Hall–Kier alpha value is -2.82. The number of hydrogen-bond donors (Lipinski definition) is 2. The van der Waals surface area contributed by atoms with Gasteiger partial charge in [-0.15, -0.1) is 6.58 Å². The highest BCUT2D eigenvalue weighted by Crippen LogP contribution is 2.21. The summed E-state index contributed by atoms with van der Waals surface area (Å²) in [5.74, 6) is -1.24. The molecule has 0 atom stereocenters. The van der Waals surface area contributed by atoms with E-state index in [9.17, 15) is 17.6 Å². The van der Waals surface area contributed by atoms with E-state index in [0.717, 1.165) is 10.4 Å². The first-order valence-electron chi connectivity index (χ1n) is 8.25. The molecule has 0 bridgehead atoms. The topological polar surface area (TPSA) is 109 Å². The standard InChI is InChI=1S/C18H20FN3O5S/c1-2-3-11-27-15-7-9-16(10-8-15)28(25,26)22(13-18(23)21-24)12-14-5-4-6-17(19)20-14/h2,4-10,24H,1,3,11-13H2,(H,21,23). The van der Waals surface area contributed by atoms with E-state index < -0.39 is 28.4 Å². The summed E-state index contributed by atoms with van der Waals surface area (Å²) >= 11 is 0. The van der Waals surface area contributed by atoms with Crippen molar-refractivity contribution in [1.29, 1.82) is 0 Å². The third-order valence-corrected chi connectivity index (χ3v) is 5.41. The fraction of sp³-hybridized carbons (Fsp3) is 0.222. The van der Waals surface area contributed by atoms with Gasteiger partial charge in [-0.05, 0) is 42.8 Å². The molecule has 1 aromatic carbocycles. The number of amides is 1. The highest BCUT2D eigenvalue weighted by atomic mass is 32.2. The third-order valence-electron chi connectivity index (χ3n) is 3.61. The SMILES string of the molecule is C=CCCOc1ccc(S(=O)(=O)N(CC(=O)NO)Cc2cccc(F)n2)cc1. The Bertz CT molecular complexity index is 919. The zero-order chi connectivity index (χ0) is 20.6. The fourth-order valence-corrected chi connectivity index (χ4v) is 3.63. The molecule has 0 fully saturated rings. The average Bonchev–Trinajstić information content (AvgIpc) is 2.68. The van der Waals surface area contributed by atoms with Crippen molar-refractivity contribution >= 4 is 15.9 Å². The lowest BCUT2D eigenvalue weighted by atomic mass is 10.3. The fourth-order valence-electron chi connectivity index (χ4n) is 2.26. The second-order valence-corrected chi connectivity index (χ2v) is 7.59. The van der Waals surface area contributed by atoms with E-state index in [0.29, 0.717) is 18.8 Å². The average molecular weight is 409 g/mol. The Morgan fingerprint density at radius 2 is 2.00 bits per heavy atom. The van der Waals surface area contributed by atoms with E-state index in [1.807, 2.05) is 0 Å². The number of benzene rings is 1. The number of carbonyl (C=O) groups is 1. The van der Waals surface area contributed by atoms with E-state index >= 15 is 0 Å². The van der Waals surface area contributed by atoms with Gasteiger partial charge in [0.25, 0.3) is 5.91 Å². The van der Waals surface area contributed by atoms with Crippen LogP contribution in [0.25, 0.3) is 0 Å². The zero-order valence-corrected chi connectivity index (χ0v) is 15.7. The number of hydrogen-bond acceptors (Lipinski definition) is 6. The Kier molecular flexibility index (Phi) is 7.61. The summed E-state index contributed by atoms with van der Waals surface area (Å²) in [6, 6.07) is 9.57. The van der Waals surface area contributed by atoms with Gasteiger partial charge >= 0.3 is 0 Å². The smallest absolute Gasteiger partial charge is 0.258 e. The monoisotopic (exact) mass is 409 g/mol. The minimum atomic E-state index is -4.13. The maximum Gasteiger partial charge on any atom is 0.258 e. The molecular formula is C18H20FN3O5S. The number of carbonyl (C=O) groups excluding carboxylic acids is 1. The quantitative estimate of drug-likeness (QED) is 0.204. The third kappa shape index (κ3) is 5.84. The van der Waals surface area contributed by atoms with E-state index in [-0.39, 0.29) is 17.1 Å². The normalized spacial score (nSPS) is 11.2. The molecule has 1 aromatic heterocycles. The summed E-state index contributed by atoms with van der Waals surface area (Å²) in [5.41, 5.74) is 1.50. The number of nitrogens with zero attached hydrogens (tertiary/aromatic N) is 2. The molecule has 1 amide bonds. The highest BCUT2D eigenvalue weighted by Gasteiger charge is 2.27. The van der Waals surface area contributed by atoms with Crippen molar-refractivity contribution in [2.45, 2.75) is 17.9 Å². The summed E-state index contributed by atoms with van der Waals surface area (Å²) in [6.07, 6.45) is 2.34. The van der Waals surface area contributed by atoms with Gasteiger partial charge in [-0.3, -0.25) is 10.0 Å². The van der Waals surface area contributed by atoms with Gasteiger partial charge in [-0.25, -0.2) is 18.9 Å². The molecule has 0 aliphatic heterocycles. The number of hydroxylamine groups is 1. The van der Waals surface area contributed by atoms with E-state index in [2.05, 4.69) is 11.6 Å². The number of pyridine rings is 1. The van der Waals surface area contributed by atoms with Gasteiger partial charge in [-0.2, -0.15) is 8.70 Å². The predicted molar refractivity (Wildman–Crippen MR) is 98.5 cm³/mol. The van der Waals surface area contributed by atoms with Gasteiger partial charge in [0.05, 0.1) is 30.3 Å². The minimum Gasteiger partial charge on any atom is -0.493 e. The highest BCUT2D eigenvalue weighted by molar-refractivity contribution is 7.89. The summed E-state index contributed by atoms with van der Waals surface area (Å²) in [4.78, 5) is 15.1.